The number of nitrogens with zero attached hydrogens (tertiary/aromatic N) is 2. The van der Waals surface area contributed by atoms with Gasteiger partial charge in [-0.1, -0.05) is 11.4 Å². The molecule has 0 spiro atoms. The second-order valence-electron chi connectivity index (χ2n) is 1.65. The normalized spacial score (nSPS) is 10.0. The number of aromatic nitrogens is 2. The van der Waals surface area contributed by atoms with E-state index >= 15 is 0 Å². The highest BCUT2D eigenvalue weighted by molar-refractivity contribution is 7.05. The Labute approximate surface area is 57.5 Å². The van der Waals surface area contributed by atoms with E-state index in [9.17, 15) is 0 Å². The summed E-state index contributed by atoms with van der Waals surface area (Å²) in [7, 11) is 0. The van der Waals surface area contributed by atoms with Gasteiger partial charge >= 0.3 is 0 Å². The van der Waals surface area contributed by atoms with Gasteiger partial charge < -0.3 is 5.11 Å². The van der Waals surface area contributed by atoms with Gasteiger partial charge in [0.25, 0.3) is 0 Å². The van der Waals surface area contributed by atoms with Crippen molar-refractivity contribution in [1.29, 1.82) is 0 Å². The topological polar surface area (TPSA) is 46.0 Å². The summed E-state index contributed by atoms with van der Waals surface area (Å²) < 4.78 is 3.70. The predicted octanol–water partition coefficient (Wildman–Crippen LogP) is 0.593. The van der Waals surface area contributed by atoms with Crippen LogP contribution in [0.4, 0.5) is 0 Å². The number of rotatable bonds is 2. The minimum Gasteiger partial charge on any atom is -0.390 e. The van der Waals surface area contributed by atoms with E-state index in [1.54, 1.807) is 0 Å². The summed E-state index contributed by atoms with van der Waals surface area (Å²) in [6, 6.07) is 0. The first-order valence-electron chi connectivity index (χ1n) is 2.79. The fourth-order valence-electron chi connectivity index (χ4n) is 0.616. The monoisotopic (exact) mass is 144 g/mol. The van der Waals surface area contributed by atoms with Crippen LogP contribution >= 0.6 is 11.5 Å². The molecule has 1 heterocycles. The minimum absolute atomic E-state index is 0.0136. The van der Waals surface area contributed by atoms with Crippen molar-refractivity contribution in [3.63, 3.8) is 0 Å². The number of aryl methyl sites for hydroxylation is 1. The summed E-state index contributed by atoms with van der Waals surface area (Å²) in [5.74, 6) is 0. The van der Waals surface area contributed by atoms with Crippen molar-refractivity contribution in [2.75, 3.05) is 0 Å². The van der Waals surface area contributed by atoms with E-state index in [2.05, 4.69) is 9.59 Å². The Kier molecular flexibility index (Phi) is 2.13. The van der Waals surface area contributed by atoms with E-state index in [0.717, 1.165) is 17.0 Å². The smallest absolute Gasteiger partial charge is 0.104 e. The Morgan fingerprint density at radius 3 is 2.89 bits per heavy atom. The summed E-state index contributed by atoms with van der Waals surface area (Å²) in [6.07, 6.45) is 0.910. The SMILES string of the molecule is CCc1snnc1CO. The lowest BCUT2D eigenvalue weighted by Gasteiger charge is -1.88. The lowest BCUT2D eigenvalue weighted by molar-refractivity contribution is 0.275. The first kappa shape index (κ1) is 6.64. The van der Waals surface area contributed by atoms with Gasteiger partial charge in [0.2, 0.25) is 0 Å². The van der Waals surface area contributed by atoms with Crippen molar-refractivity contribution in [1.82, 2.24) is 9.59 Å². The minimum atomic E-state index is 0.0136. The maximum atomic E-state index is 8.64. The van der Waals surface area contributed by atoms with Crippen LogP contribution in [-0.4, -0.2) is 14.7 Å². The zero-order valence-electron chi connectivity index (χ0n) is 5.16. The third kappa shape index (κ3) is 1.25. The number of hydrogen-bond donors (Lipinski definition) is 1. The van der Waals surface area contributed by atoms with E-state index in [0.29, 0.717) is 0 Å². The maximum Gasteiger partial charge on any atom is 0.104 e. The van der Waals surface area contributed by atoms with Crippen molar-refractivity contribution >= 4 is 11.5 Å². The van der Waals surface area contributed by atoms with Gasteiger partial charge in [0.1, 0.15) is 5.69 Å². The van der Waals surface area contributed by atoms with Crippen molar-refractivity contribution in [2.24, 2.45) is 0 Å². The maximum absolute atomic E-state index is 8.64. The van der Waals surface area contributed by atoms with E-state index in [4.69, 9.17) is 5.11 Å². The standard InChI is InChI=1S/C5H8N2OS/c1-2-5-4(3-8)6-7-9-5/h8H,2-3H2,1H3. The van der Waals surface area contributed by atoms with Crippen LogP contribution in [-0.2, 0) is 13.0 Å². The molecule has 0 bridgehead atoms. The van der Waals surface area contributed by atoms with Gasteiger partial charge in [-0.25, -0.2) is 0 Å². The first-order chi connectivity index (χ1) is 4.38. The molecule has 1 aromatic rings. The second-order valence-corrected chi connectivity index (χ2v) is 2.49. The van der Waals surface area contributed by atoms with Crippen LogP contribution < -0.4 is 0 Å². The predicted molar refractivity (Wildman–Crippen MR) is 35.2 cm³/mol. The molecule has 1 N–H and O–H groups in total. The highest BCUT2D eigenvalue weighted by Gasteiger charge is 2.01. The van der Waals surface area contributed by atoms with Gasteiger partial charge in [0, 0.05) is 0 Å². The van der Waals surface area contributed by atoms with Gasteiger partial charge in [-0.05, 0) is 18.0 Å². The highest BCUT2D eigenvalue weighted by atomic mass is 32.1. The average molecular weight is 144 g/mol. The van der Waals surface area contributed by atoms with Crippen LogP contribution in [0.15, 0.2) is 0 Å². The van der Waals surface area contributed by atoms with Crippen LogP contribution in [0.1, 0.15) is 17.5 Å². The molecule has 0 saturated heterocycles. The fraction of sp³-hybridized carbons (Fsp3) is 0.600. The summed E-state index contributed by atoms with van der Waals surface area (Å²) in [4.78, 5) is 1.08. The van der Waals surface area contributed by atoms with Gasteiger partial charge in [-0.3, -0.25) is 0 Å². The van der Waals surface area contributed by atoms with Crippen molar-refractivity contribution in [2.45, 2.75) is 20.0 Å². The number of aliphatic hydroxyl groups is 1. The van der Waals surface area contributed by atoms with Gasteiger partial charge in [0.05, 0.1) is 11.5 Å². The zero-order chi connectivity index (χ0) is 6.69. The lowest BCUT2D eigenvalue weighted by atomic mass is 10.3. The number of hydrogen-bond acceptors (Lipinski definition) is 4. The Morgan fingerprint density at radius 2 is 2.44 bits per heavy atom. The highest BCUT2D eigenvalue weighted by Crippen LogP contribution is 2.09. The summed E-state index contributed by atoms with van der Waals surface area (Å²) in [5.41, 5.74) is 0.725. The number of aliphatic hydroxyl groups excluding tert-OH is 1. The van der Waals surface area contributed by atoms with Crippen LogP contribution in [0.3, 0.4) is 0 Å². The average Bonchev–Trinajstić information content (AvgIpc) is 2.33. The van der Waals surface area contributed by atoms with Crippen molar-refractivity contribution in [3.05, 3.63) is 10.6 Å². The Bertz CT molecular complexity index is 168. The van der Waals surface area contributed by atoms with Gasteiger partial charge in [0.15, 0.2) is 0 Å². The van der Waals surface area contributed by atoms with Crippen molar-refractivity contribution < 1.29 is 5.11 Å². The first-order valence-corrected chi connectivity index (χ1v) is 3.56. The molecule has 0 aliphatic heterocycles. The van der Waals surface area contributed by atoms with Crippen LogP contribution in [0, 0.1) is 0 Å². The molecule has 50 valence electrons. The van der Waals surface area contributed by atoms with E-state index in [1.165, 1.54) is 11.5 Å². The zero-order valence-corrected chi connectivity index (χ0v) is 5.98. The van der Waals surface area contributed by atoms with E-state index in [1.807, 2.05) is 6.92 Å². The second kappa shape index (κ2) is 2.89. The molecule has 1 rings (SSSR count). The Morgan fingerprint density at radius 1 is 1.67 bits per heavy atom. The van der Waals surface area contributed by atoms with Gasteiger partial charge in [-0.2, -0.15) is 0 Å². The van der Waals surface area contributed by atoms with Gasteiger partial charge in [-0.15, -0.1) is 5.10 Å². The fourth-order valence-corrected chi connectivity index (χ4v) is 1.19. The molecule has 0 aliphatic carbocycles. The molecule has 4 heteroatoms. The molecule has 1 aromatic heterocycles. The quantitative estimate of drug-likeness (QED) is 0.661. The molecule has 0 aliphatic rings. The molecule has 0 amide bonds. The lowest BCUT2D eigenvalue weighted by Crippen LogP contribution is -1.87. The molecule has 0 saturated carbocycles. The summed E-state index contributed by atoms with van der Waals surface area (Å²) in [6.45, 7) is 2.04. The largest absolute Gasteiger partial charge is 0.390 e. The van der Waals surface area contributed by atoms with Crippen LogP contribution in [0.25, 0.3) is 0 Å². The third-order valence-corrected chi connectivity index (χ3v) is 2.01. The molecular formula is C5H8N2OS. The molecule has 9 heavy (non-hydrogen) atoms. The molecule has 0 unspecified atom stereocenters. The molecule has 0 radical (unpaired) electrons. The molecule has 0 atom stereocenters. The third-order valence-electron chi connectivity index (χ3n) is 1.11. The van der Waals surface area contributed by atoms with Crippen molar-refractivity contribution in [3.8, 4) is 0 Å². The molecular weight excluding hydrogens is 136 g/mol. The summed E-state index contributed by atoms with van der Waals surface area (Å²) >= 11 is 1.35. The van der Waals surface area contributed by atoms with Crippen LogP contribution in [0.2, 0.25) is 0 Å². The van der Waals surface area contributed by atoms with E-state index in [-0.39, 0.29) is 6.61 Å². The molecule has 0 fully saturated rings. The Hall–Kier alpha value is -0.480. The summed E-state index contributed by atoms with van der Waals surface area (Å²) in [5, 5.41) is 12.4. The molecule has 0 aromatic carbocycles. The van der Waals surface area contributed by atoms with E-state index < -0.39 is 0 Å². The Balaban J connectivity index is 2.85. The molecule has 3 nitrogen and oxygen atoms in total. The van der Waals surface area contributed by atoms with Crippen LogP contribution in [0.5, 0.6) is 0 Å².